The molecule has 35 heavy (non-hydrogen) atoms. The number of carbonyl (C=O) groups is 2. The molecule has 0 spiro atoms. The van der Waals surface area contributed by atoms with Crippen molar-refractivity contribution in [2.75, 3.05) is 6.61 Å². The first kappa shape index (κ1) is 24.0. The zero-order chi connectivity index (χ0) is 24.8. The maximum absolute atomic E-state index is 11.3. The molecule has 2 aromatic heterocycles. The summed E-state index contributed by atoms with van der Waals surface area (Å²) in [5.41, 5.74) is 2.81. The number of nitrogens with zero attached hydrogens (tertiary/aromatic N) is 4. The number of rotatable bonds is 8. The van der Waals surface area contributed by atoms with Gasteiger partial charge >= 0.3 is 5.97 Å². The fourth-order valence-electron chi connectivity index (χ4n) is 3.16. The smallest absolute Gasteiger partial charge is 0.337 e. The van der Waals surface area contributed by atoms with E-state index in [-0.39, 0.29) is 0 Å². The van der Waals surface area contributed by atoms with E-state index in [0.29, 0.717) is 47.2 Å². The highest BCUT2D eigenvalue weighted by Crippen LogP contribution is 2.31. The van der Waals surface area contributed by atoms with E-state index >= 15 is 0 Å². The van der Waals surface area contributed by atoms with E-state index in [0.717, 1.165) is 30.3 Å². The molecule has 1 N–H and O–H groups in total. The SMILES string of the molecule is Cc1nnc(-c2ccc(C(OCC3CC3)C(=O)O)cc2)o1.Cc1nnc(-c2ccc(C=O)cc2)o1. The van der Waals surface area contributed by atoms with Crippen molar-refractivity contribution >= 4 is 12.3 Å². The molecule has 4 aromatic rings. The van der Waals surface area contributed by atoms with Crippen molar-refractivity contribution in [1.82, 2.24) is 20.4 Å². The topological polar surface area (TPSA) is 141 Å². The van der Waals surface area contributed by atoms with E-state index in [1.165, 1.54) is 0 Å². The average Bonchev–Trinajstić information content (AvgIpc) is 3.43. The fraction of sp³-hybridized carbons (Fsp3) is 0.280. The predicted octanol–water partition coefficient (Wildman–Crippen LogP) is 4.45. The molecule has 5 rings (SSSR count). The van der Waals surface area contributed by atoms with Gasteiger partial charge in [0.25, 0.3) is 0 Å². The Morgan fingerprint density at radius 1 is 0.943 bits per heavy atom. The lowest BCUT2D eigenvalue weighted by molar-refractivity contribution is -0.151. The Hall–Kier alpha value is -4.18. The monoisotopic (exact) mass is 476 g/mol. The lowest BCUT2D eigenvalue weighted by Gasteiger charge is -2.14. The summed E-state index contributed by atoms with van der Waals surface area (Å²) in [5, 5.41) is 24.6. The number of ether oxygens (including phenoxy) is 1. The molecule has 0 bridgehead atoms. The maximum Gasteiger partial charge on any atom is 0.337 e. The van der Waals surface area contributed by atoms with Gasteiger partial charge in [-0.3, -0.25) is 4.79 Å². The van der Waals surface area contributed by atoms with E-state index in [1.807, 2.05) is 0 Å². The first-order chi connectivity index (χ1) is 16.9. The molecule has 1 saturated carbocycles. The van der Waals surface area contributed by atoms with Crippen molar-refractivity contribution in [2.45, 2.75) is 32.8 Å². The third kappa shape index (κ3) is 6.45. The summed E-state index contributed by atoms with van der Waals surface area (Å²) in [5.74, 6) is 1.46. The number of hydrogen-bond donors (Lipinski definition) is 1. The number of aliphatic carboxylic acids is 1. The van der Waals surface area contributed by atoms with Gasteiger partial charge in [0.2, 0.25) is 23.6 Å². The molecular formula is C25H24N4O6. The Bertz CT molecular complexity index is 1280. The third-order valence-corrected chi connectivity index (χ3v) is 5.23. The van der Waals surface area contributed by atoms with E-state index in [4.69, 9.17) is 13.6 Å². The number of benzene rings is 2. The Labute approximate surface area is 201 Å². The van der Waals surface area contributed by atoms with Gasteiger partial charge in [-0.1, -0.05) is 24.3 Å². The van der Waals surface area contributed by atoms with Gasteiger partial charge in [0.15, 0.2) is 6.10 Å². The van der Waals surface area contributed by atoms with Crippen LogP contribution < -0.4 is 0 Å². The van der Waals surface area contributed by atoms with Crippen LogP contribution in [0.5, 0.6) is 0 Å². The summed E-state index contributed by atoms with van der Waals surface area (Å²) in [6.07, 6.45) is 2.12. The Morgan fingerprint density at radius 2 is 1.46 bits per heavy atom. The van der Waals surface area contributed by atoms with E-state index in [2.05, 4.69) is 20.4 Å². The molecule has 1 aliphatic rings. The standard InChI is InChI=1S/C15H16N2O4.C10H8N2O2/c1-9-16-17-14(21-9)12-6-4-11(5-7-12)13(15(18)19)20-8-10-2-3-10;1-7-11-12-10(14-7)9-4-2-8(6-13)3-5-9/h4-7,10,13H,2-3,8H2,1H3,(H,18,19);2-6H,1H3. The highest BCUT2D eigenvalue weighted by atomic mass is 16.5. The fourth-order valence-corrected chi connectivity index (χ4v) is 3.16. The molecule has 1 atom stereocenters. The van der Waals surface area contributed by atoms with Gasteiger partial charge in [0, 0.05) is 30.5 Å². The van der Waals surface area contributed by atoms with Gasteiger partial charge < -0.3 is 18.7 Å². The lowest BCUT2D eigenvalue weighted by atomic mass is 10.1. The molecule has 0 amide bonds. The van der Waals surface area contributed by atoms with Crippen molar-refractivity contribution in [2.24, 2.45) is 5.92 Å². The van der Waals surface area contributed by atoms with Gasteiger partial charge in [-0.25, -0.2) is 4.79 Å². The summed E-state index contributed by atoms with van der Waals surface area (Å²) in [7, 11) is 0. The van der Waals surface area contributed by atoms with Gasteiger partial charge in [-0.2, -0.15) is 0 Å². The molecule has 2 heterocycles. The Balaban J connectivity index is 0.000000179. The number of carbonyl (C=O) groups excluding carboxylic acids is 1. The van der Waals surface area contributed by atoms with Crippen LogP contribution in [0.3, 0.4) is 0 Å². The highest BCUT2D eigenvalue weighted by Gasteiger charge is 2.27. The zero-order valence-electron chi connectivity index (χ0n) is 19.2. The molecule has 1 aliphatic carbocycles. The number of carboxylic acids is 1. The van der Waals surface area contributed by atoms with Crippen LogP contribution in [0.2, 0.25) is 0 Å². The van der Waals surface area contributed by atoms with Crippen LogP contribution in [0.1, 0.15) is 46.6 Å². The largest absolute Gasteiger partial charge is 0.479 e. The second-order valence-electron chi connectivity index (χ2n) is 8.11. The minimum Gasteiger partial charge on any atom is -0.479 e. The van der Waals surface area contributed by atoms with Crippen LogP contribution in [-0.2, 0) is 9.53 Å². The van der Waals surface area contributed by atoms with Gasteiger partial charge in [-0.05, 0) is 48.6 Å². The average molecular weight is 476 g/mol. The van der Waals surface area contributed by atoms with Crippen LogP contribution in [0.15, 0.2) is 57.4 Å². The van der Waals surface area contributed by atoms with Gasteiger partial charge in [0.05, 0.1) is 6.61 Å². The molecule has 10 heteroatoms. The molecule has 0 saturated heterocycles. The van der Waals surface area contributed by atoms with Crippen molar-refractivity contribution < 1.29 is 28.3 Å². The first-order valence-electron chi connectivity index (χ1n) is 11.0. The Morgan fingerprint density at radius 3 is 1.86 bits per heavy atom. The third-order valence-electron chi connectivity index (χ3n) is 5.23. The number of aldehydes is 1. The van der Waals surface area contributed by atoms with E-state index in [1.54, 1.807) is 62.4 Å². The van der Waals surface area contributed by atoms with Gasteiger partial charge in [0.1, 0.15) is 6.29 Å². The zero-order valence-corrected chi connectivity index (χ0v) is 19.2. The molecule has 2 aromatic carbocycles. The number of aromatic nitrogens is 4. The summed E-state index contributed by atoms with van der Waals surface area (Å²) in [6.45, 7) is 3.95. The quantitative estimate of drug-likeness (QED) is 0.362. The predicted molar refractivity (Wildman–Crippen MR) is 123 cm³/mol. The van der Waals surface area contributed by atoms with E-state index in [9.17, 15) is 14.7 Å². The van der Waals surface area contributed by atoms with Crippen molar-refractivity contribution in [3.63, 3.8) is 0 Å². The normalized spacial score (nSPS) is 13.5. The first-order valence-corrected chi connectivity index (χ1v) is 11.0. The molecule has 0 radical (unpaired) electrons. The number of aryl methyl sites for hydroxylation is 2. The number of carboxylic acid groups (broad SMARTS) is 1. The molecule has 180 valence electrons. The van der Waals surface area contributed by atoms with Crippen molar-refractivity contribution in [1.29, 1.82) is 0 Å². The van der Waals surface area contributed by atoms with Crippen LogP contribution in [-0.4, -0.2) is 44.4 Å². The Kier molecular flexibility index (Phi) is 7.41. The minimum absolute atomic E-state index is 0.421. The van der Waals surface area contributed by atoms with E-state index < -0.39 is 12.1 Å². The molecule has 0 aliphatic heterocycles. The molecule has 1 fully saturated rings. The van der Waals surface area contributed by atoms with Crippen molar-refractivity contribution in [3.05, 3.63) is 71.4 Å². The summed E-state index contributed by atoms with van der Waals surface area (Å²) in [6, 6.07) is 13.9. The lowest BCUT2D eigenvalue weighted by Crippen LogP contribution is -2.16. The summed E-state index contributed by atoms with van der Waals surface area (Å²) in [4.78, 5) is 21.7. The van der Waals surface area contributed by atoms with Crippen LogP contribution in [0.25, 0.3) is 22.9 Å². The highest BCUT2D eigenvalue weighted by molar-refractivity contribution is 5.76. The van der Waals surface area contributed by atoms with Crippen LogP contribution >= 0.6 is 0 Å². The minimum atomic E-state index is -0.975. The van der Waals surface area contributed by atoms with Crippen LogP contribution in [0.4, 0.5) is 0 Å². The summed E-state index contributed by atoms with van der Waals surface area (Å²) >= 11 is 0. The molecular weight excluding hydrogens is 452 g/mol. The number of hydrogen-bond acceptors (Lipinski definition) is 9. The second kappa shape index (κ2) is 10.8. The van der Waals surface area contributed by atoms with Crippen LogP contribution in [0, 0.1) is 19.8 Å². The molecule has 10 nitrogen and oxygen atoms in total. The van der Waals surface area contributed by atoms with Gasteiger partial charge in [-0.15, -0.1) is 20.4 Å². The van der Waals surface area contributed by atoms with Crippen molar-refractivity contribution in [3.8, 4) is 22.9 Å². The summed E-state index contributed by atoms with van der Waals surface area (Å²) < 4.78 is 16.1. The maximum atomic E-state index is 11.3. The second-order valence-corrected chi connectivity index (χ2v) is 8.11. The molecule has 1 unspecified atom stereocenters.